The van der Waals surface area contributed by atoms with Crippen LogP contribution in [0.3, 0.4) is 0 Å². The molecule has 0 unspecified atom stereocenters. The fraction of sp³-hybridized carbons (Fsp3) is 0.538. The largest absolute Gasteiger partial charge is 0.390 e. The van der Waals surface area contributed by atoms with Crippen molar-refractivity contribution in [3.63, 3.8) is 0 Å². The predicted octanol–water partition coefficient (Wildman–Crippen LogP) is 2.25. The van der Waals surface area contributed by atoms with E-state index in [0.29, 0.717) is 12.8 Å². The summed E-state index contributed by atoms with van der Waals surface area (Å²) in [5.41, 5.74) is 1.44. The molecule has 1 N–H and O–H groups in total. The zero-order chi connectivity index (χ0) is 13.3. The summed E-state index contributed by atoms with van der Waals surface area (Å²) in [4.78, 5) is 12.5. The Bertz CT molecular complexity index is 461. The number of non-ortho nitro benzene ring substituents is 1. The highest BCUT2D eigenvalue weighted by Gasteiger charge is 2.28. The summed E-state index contributed by atoms with van der Waals surface area (Å²) < 4.78 is 0. The van der Waals surface area contributed by atoms with Crippen molar-refractivity contribution in [2.75, 3.05) is 18.0 Å². The van der Waals surface area contributed by atoms with Crippen molar-refractivity contribution in [2.45, 2.75) is 32.3 Å². The summed E-state index contributed by atoms with van der Waals surface area (Å²) in [7, 11) is 0. The molecule has 1 aromatic rings. The van der Waals surface area contributed by atoms with Crippen molar-refractivity contribution in [3.8, 4) is 0 Å². The van der Waals surface area contributed by atoms with Crippen LogP contribution >= 0.6 is 0 Å². The molecule has 0 atom stereocenters. The number of nitrogens with zero attached hydrogens (tertiary/aromatic N) is 2. The lowest BCUT2D eigenvalue weighted by Gasteiger charge is -2.37. The molecule has 1 aromatic carbocycles. The monoisotopic (exact) mass is 250 g/mol. The van der Waals surface area contributed by atoms with Gasteiger partial charge in [-0.15, -0.1) is 0 Å². The summed E-state index contributed by atoms with van der Waals surface area (Å²) in [6, 6.07) is 4.93. The van der Waals surface area contributed by atoms with E-state index in [9.17, 15) is 15.2 Å². The summed E-state index contributed by atoms with van der Waals surface area (Å²) >= 11 is 0. The Labute approximate surface area is 106 Å². The standard InChI is InChI=1S/C13H18N2O3/c1-10-3-4-11(15(17)18)9-12(10)14-7-5-13(2,16)6-8-14/h3-4,9,16H,5-8H2,1-2H3. The molecule has 98 valence electrons. The van der Waals surface area contributed by atoms with E-state index < -0.39 is 5.60 Å². The van der Waals surface area contributed by atoms with Crippen LogP contribution in [0.15, 0.2) is 18.2 Å². The fourth-order valence-corrected chi connectivity index (χ4v) is 2.28. The maximum absolute atomic E-state index is 10.8. The Balaban J connectivity index is 2.23. The third kappa shape index (κ3) is 2.61. The number of aryl methyl sites for hydroxylation is 1. The summed E-state index contributed by atoms with van der Waals surface area (Å²) in [5.74, 6) is 0. The number of hydrogen-bond acceptors (Lipinski definition) is 4. The van der Waals surface area contributed by atoms with Gasteiger partial charge in [-0.1, -0.05) is 6.07 Å². The topological polar surface area (TPSA) is 66.6 Å². The van der Waals surface area contributed by atoms with Gasteiger partial charge in [0.1, 0.15) is 0 Å². The Morgan fingerprint density at radius 3 is 2.56 bits per heavy atom. The molecule has 5 nitrogen and oxygen atoms in total. The first-order chi connectivity index (χ1) is 8.39. The number of benzene rings is 1. The van der Waals surface area contributed by atoms with Crippen LogP contribution in [0.25, 0.3) is 0 Å². The number of piperidine rings is 1. The second-order valence-corrected chi connectivity index (χ2v) is 5.21. The Hall–Kier alpha value is -1.62. The number of hydrogen-bond donors (Lipinski definition) is 1. The minimum Gasteiger partial charge on any atom is -0.390 e. The van der Waals surface area contributed by atoms with Gasteiger partial charge in [-0.2, -0.15) is 0 Å². The van der Waals surface area contributed by atoms with Gasteiger partial charge in [0, 0.05) is 30.9 Å². The van der Waals surface area contributed by atoms with Crippen molar-refractivity contribution in [1.82, 2.24) is 0 Å². The van der Waals surface area contributed by atoms with E-state index in [0.717, 1.165) is 24.3 Å². The van der Waals surface area contributed by atoms with Crippen molar-refractivity contribution in [1.29, 1.82) is 0 Å². The number of rotatable bonds is 2. The lowest BCUT2D eigenvalue weighted by molar-refractivity contribution is -0.384. The highest BCUT2D eigenvalue weighted by molar-refractivity contribution is 5.59. The lowest BCUT2D eigenvalue weighted by Crippen LogP contribution is -2.42. The van der Waals surface area contributed by atoms with Crippen molar-refractivity contribution < 1.29 is 10.0 Å². The Kier molecular flexibility index (Phi) is 3.26. The molecule has 0 radical (unpaired) electrons. The molecule has 0 saturated carbocycles. The van der Waals surface area contributed by atoms with E-state index in [4.69, 9.17) is 0 Å². The molecule has 0 spiro atoms. The quantitative estimate of drug-likeness (QED) is 0.645. The van der Waals surface area contributed by atoms with E-state index in [1.54, 1.807) is 12.1 Å². The molecule has 18 heavy (non-hydrogen) atoms. The molecule has 1 saturated heterocycles. The number of aliphatic hydroxyl groups is 1. The van der Waals surface area contributed by atoms with Gasteiger partial charge in [-0.05, 0) is 32.3 Å². The number of anilines is 1. The zero-order valence-corrected chi connectivity index (χ0v) is 10.7. The van der Waals surface area contributed by atoms with Crippen molar-refractivity contribution in [2.24, 2.45) is 0 Å². The van der Waals surface area contributed by atoms with E-state index in [1.807, 2.05) is 13.8 Å². The first-order valence-corrected chi connectivity index (χ1v) is 6.11. The van der Waals surface area contributed by atoms with Crippen molar-refractivity contribution in [3.05, 3.63) is 33.9 Å². The maximum atomic E-state index is 10.8. The van der Waals surface area contributed by atoms with Crippen LogP contribution in [0.2, 0.25) is 0 Å². The van der Waals surface area contributed by atoms with Gasteiger partial charge in [0.25, 0.3) is 5.69 Å². The lowest BCUT2D eigenvalue weighted by atomic mass is 9.93. The van der Waals surface area contributed by atoms with Gasteiger partial charge in [0.05, 0.1) is 10.5 Å². The van der Waals surface area contributed by atoms with Gasteiger partial charge in [0.2, 0.25) is 0 Å². The van der Waals surface area contributed by atoms with Crippen LogP contribution in [0.4, 0.5) is 11.4 Å². The van der Waals surface area contributed by atoms with Gasteiger partial charge >= 0.3 is 0 Å². The van der Waals surface area contributed by atoms with Crippen LogP contribution in [-0.4, -0.2) is 28.7 Å². The molecule has 1 aliphatic heterocycles. The molecule has 1 heterocycles. The second-order valence-electron chi connectivity index (χ2n) is 5.21. The SMILES string of the molecule is Cc1ccc([N+](=O)[O-])cc1N1CCC(C)(O)CC1. The smallest absolute Gasteiger partial charge is 0.271 e. The predicted molar refractivity (Wildman–Crippen MR) is 69.9 cm³/mol. The average molecular weight is 250 g/mol. The number of nitro benzene ring substituents is 1. The minimum atomic E-state index is -0.606. The molecule has 1 fully saturated rings. The molecule has 0 bridgehead atoms. The first kappa shape index (κ1) is 12.8. The van der Waals surface area contributed by atoms with Crippen LogP contribution in [0, 0.1) is 17.0 Å². The van der Waals surface area contributed by atoms with E-state index in [-0.39, 0.29) is 10.6 Å². The summed E-state index contributed by atoms with van der Waals surface area (Å²) in [6.07, 6.45) is 1.38. The first-order valence-electron chi connectivity index (χ1n) is 6.11. The average Bonchev–Trinajstić information content (AvgIpc) is 2.30. The van der Waals surface area contributed by atoms with Gasteiger partial charge < -0.3 is 10.0 Å². The van der Waals surface area contributed by atoms with Gasteiger partial charge in [-0.3, -0.25) is 10.1 Å². The van der Waals surface area contributed by atoms with Crippen LogP contribution in [0.5, 0.6) is 0 Å². The highest BCUT2D eigenvalue weighted by Crippen LogP contribution is 2.30. The van der Waals surface area contributed by atoms with Crippen LogP contribution in [0.1, 0.15) is 25.3 Å². The molecule has 0 amide bonds. The molecular formula is C13H18N2O3. The maximum Gasteiger partial charge on any atom is 0.271 e. The van der Waals surface area contributed by atoms with E-state index in [1.165, 1.54) is 6.07 Å². The molecule has 5 heteroatoms. The summed E-state index contributed by atoms with van der Waals surface area (Å²) in [6.45, 7) is 5.25. The molecule has 0 aromatic heterocycles. The Morgan fingerprint density at radius 2 is 2.00 bits per heavy atom. The molecular weight excluding hydrogens is 232 g/mol. The van der Waals surface area contributed by atoms with Gasteiger partial charge in [0.15, 0.2) is 0 Å². The zero-order valence-electron chi connectivity index (χ0n) is 10.7. The van der Waals surface area contributed by atoms with Gasteiger partial charge in [-0.25, -0.2) is 0 Å². The highest BCUT2D eigenvalue weighted by atomic mass is 16.6. The summed E-state index contributed by atoms with van der Waals surface area (Å²) in [5, 5.41) is 20.7. The third-order valence-corrected chi connectivity index (χ3v) is 3.58. The number of nitro groups is 1. The fourth-order valence-electron chi connectivity index (χ4n) is 2.28. The molecule has 0 aliphatic carbocycles. The van der Waals surface area contributed by atoms with Crippen LogP contribution < -0.4 is 4.90 Å². The normalized spacial score (nSPS) is 18.7. The molecule has 2 rings (SSSR count). The van der Waals surface area contributed by atoms with E-state index >= 15 is 0 Å². The third-order valence-electron chi connectivity index (χ3n) is 3.58. The van der Waals surface area contributed by atoms with Crippen molar-refractivity contribution >= 4 is 11.4 Å². The van der Waals surface area contributed by atoms with E-state index in [2.05, 4.69) is 4.90 Å². The minimum absolute atomic E-state index is 0.118. The molecule has 1 aliphatic rings. The van der Waals surface area contributed by atoms with Crippen LogP contribution in [-0.2, 0) is 0 Å². The second kappa shape index (κ2) is 4.57. The Morgan fingerprint density at radius 1 is 1.39 bits per heavy atom.